The molecule has 0 bridgehead atoms. The second-order valence-corrected chi connectivity index (χ2v) is 3.40. The number of rotatable bonds is 4. The smallest absolute Gasteiger partial charge is 0.188 e. The van der Waals surface area contributed by atoms with E-state index in [0.717, 1.165) is 0 Å². The monoisotopic (exact) mass is 210 g/mol. The van der Waals surface area contributed by atoms with Crippen LogP contribution in [0.3, 0.4) is 0 Å². The Morgan fingerprint density at radius 1 is 1.40 bits per heavy atom. The Bertz CT molecular complexity index is 343. The van der Waals surface area contributed by atoms with E-state index in [1.807, 2.05) is 0 Å². The maximum atomic E-state index is 12.6. The van der Waals surface area contributed by atoms with Gasteiger partial charge in [0, 0.05) is 5.56 Å². The maximum absolute atomic E-state index is 12.6. The van der Waals surface area contributed by atoms with Gasteiger partial charge in [0.15, 0.2) is 5.78 Å². The quantitative estimate of drug-likeness (QED) is 0.705. The fourth-order valence-electron chi connectivity index (χ4n) is 1.22. The molecule has 3 nitrogen and oxygen atoms in total. The van der Waals surface area contributed by atoms with Gasteiger partial charge in [0.25, 0.3) is 0 Å². The van der Waals surface area contributed by atoms with Gasteiger partial charge < -0.3 is 9.47 Å². The molecular formula is C11H11FO3. The third-order valence-corrected chi connectivity index (χ3v) is 2.22. The van der Waals surface area contributed by atoms with Crippen LogP contribution in [0.2, 0.25) is 0 Å². The van der Waals surface area contributed by atoms with E-state index in [2.05, 4.69) is 0 Å². The number of Topliss-reactive ketones (excluding diaryl/α,β-unsaturated/α-hetero) is 1. The van der Waals surface area contributed by atoms with Gasteiger partial charge in [-0.25, -0.2) is 4.39 Å². The van der Waals surface area contributed by atoms with Crippen LogP contribution in [0, 0.1) is 5.82 Å². The molecule has 15 heavy (non-hydrogen) atoms. The van der Waals surface area contributed by atoms with Crippen molar-refractivity contribution in [2.24, 2.45) is 0 Å². The molecule has 0 spiro atoms. The Kier molecular flexibility index (Phi) is 3.08. The minimum absolute atomic E-state index is 0.0274. The zero-order valence-electron chi connectivity index (χ0n) is 8.11. The van der Waals surface area contributed by atoms with Crippen molar-refractivity contribution < 1.29 is 18.7 Å². The highest BCUT2D eigenvalue weighted by Gasteiger charge is 2.20. The number of ketones is 1. The lowest BCUT2D eigenvalue weighted by molar-refractivity contribution is -0.123. The maximum Gasteiger partial charge on any atom is 0.188 e. The number of hydrogen-bond acceptors (Lipinski definition) is 3. The highest BCUT2D eigenvalue weighted by atomic mass is 19.1. The molecule has 1 aromatic rings. The third-order valence-electron chi connectivity index (χ3n) is 2.22. The Morgan fingerprint density at radius 2 is 2.07 bits per heavy atom. The molecule has 0 N–H and O–H groups in total. The molecular weight excluding hydrogens is 199 g/mol. The Hall–Kier alpha value is -1.26. The molecule has 1 saturated heterocycles. The van der Waals surface area contributed by atoms with E-state index in [-0.39, 0.29) is 24.3 Å². The lowest BCUT2D eigenvalue weighted by Crippen LogP contribution is -2.37. The molecule has 0 aromatic heterocycles. The molecule has 0 saturated carbocycles. The molecule has 0 unspecified atom stereocenters. The molecule has 1 aromatic carbocycles. The van der Waals surface area contributed by atoms with Crippen molar-refractivity contribution in [1.29, 1.82) is 0 Å². The predicted octanol–water partition coefficient (Wildman–Crippen LogP) is 1.42. The summed E-state index contributed by atoms with van der Waals surface area (Å²) >= 11 is 0. The Morgan fingerprint density at radius 3 is 2.60 bits per heavy atom. The van der Waals surface area contributed by atoms with E-state index in [9.17, 15) is 9.18 Å². The third kappa shape index (κ3) is 2.61. The molecule has 80 valence electrons. The van der Waals surface area contributed by atoms with Crippen LogP contribution < -0.4 is 0 Å². The van der Waals surface area contributed by atoms with Gasteiger partial charge in [0.05, 0.1) is 13.2 Å². The van der Waals surface area contributed by atoms with Crippen LogP contribution in [-0.4, -0.2) is 31.7 Å². The number of carbonyl (C=O) groups is 1. The number of carbonyl (C=O) groups excluding carboxylic acids is 1. The average Bonchev–Trinajstić information content (AvgIpc) is 2.16. The molecule has 0 atom stereocenters. The largest absolute Gasteiger partial charge is 0.376 e. The second-order valence-electron chi connectivity index (χ2n) is 3.40. The van der Waals surface area contributed by atoms with E-state index >= 15 is 0 Å². The summed E-state index contributed by atoms with van der Waals surface area (Å²) in [4.78, 5) is 11.5. The zero-order valence-corrected chi connectivity index (χ0v) is 8.11. The second kappa shape index (κ2) is 4.51. The van der Waals surface area contributed by atoms with Crippen molar-refractivity contribution in [3.8, 4) is 0 Å². The Labute approximate surface area is 86.8 Å². The van der Waals surface area contributed by atoms with Gasteiger partial charge in [-0.1, -0.05) is 0 Å². The van der Waals surface area contributed by atoms with Crippen LogP contribution in [0.5, 0.6) is 0 Å². The summed E-state index contributed by atoms with van der Waals surface area (Å²) in [7, 11) is 0. The van der Waals surface area contributed by atoms with E-state index in [1.54, 1.807) is 0 Å². The van der Waals surface area contributed by atoms with E-state index in [4.69, 9.17) is 9.47 Å². The summed E-state index contributed by atoms with van der Waals surface area (Å²) in [5.41, 5.74) is 0.469. The fourth-order valence-corrected chi connectivity index (χ4v) is 1.22. The first-order valence-corrected chi connectivity index (χ1v) is 4.74. The number of hydrogen-bond donors (Lipinski definition) is 0. The molecule has 0 aliphatic carbocycles. The van der Waals surface area contributed by atoms with Crippen molar-refractivity contribution in [3.05, 3.63) is 35.6 Å². The van der Waals surface area contributed by atoms with Crippen LogP contribution in [0.15, 0.2) is 24.3 Å². The number of ether oxygens (including phenoxy) is 2. The van der Waals surface area contributed by atoms with Gasteiger partial charge >= 0.3 is 0 Å². The minimum atomic E-state index is -0.347. The molecule has 1 heterocycles. The standard InChI is InChI=1S/C11H11FO3/c12-9-3-1-8(2-4-9)11(13)7-15-10-5-14-6-10/h1-4,10H,5-7H2. The first-order chi connectivity index (χ1) is 7.25. The summed E-state index contributed by atoms with van der Waals surface area (Å²) in [5, 5.41) is 0. The van der Waals surface area contributed by atoms with Crippen molar-refractivity contribution >= 4 is 5.78 Å². The van der Waals surface area contributed by atoms with Gasteiger partial charge in [-0.05, 0) is 24.3 Å². The van der Waals surface area contributed by atoms with E-state index in [1.165, 1.54) is 24.3 Å². The van der Waals surface area contributed by atoms with Crippen LogP contribution in [-0.2, 0) is 9.47 Å². The number of halogens is 1. The summed E-state index contributed by atoms with van der Waals surface area (Å²) in [6.45, 7) is 1.13. The normalized spacial score (nSPS) is 16.1. The van der Waals surface area contributed by atoms with Crippen molar-refractivity contribution in [2.75, 3.05) is 19.8 Å². The van der Waals surface area contributed by atoms with Crippen LogP contribution in [0.25, 0.3) is 0 Å². The van der Waals surface area contributed by atoms with Crippen molar-refractivity contribution in [2.45, 2.75) is 6.10 Å². The molecule has 2 rings (SSSR count). The van der Waals surface area contributed by atoms with Crippen molar-refractivity contribution in [1.82, 2.24) is 0 Å². The van der Waals surface area contributed by atoms with Gasteiger partial charge in [-0.3, -0.25) is 4.79 Å². The lowest BCUT2D eigenvalue weighted by Gasteiger charge is -2.25. The predicted molar refractivity (Wildman–Crippen MR) is 51.3 cm³/mol. The lowest BCUT2D eigenvalue weighted by atomic mass is 10.1. The SMILES string of the molecule is O=C(COC1COC1)c1ccc(F)cc1. The first-order valence-electron chi connectivity index (χ1n) is 4.74. The Balaban J connectivity index is 1.86. The van der Waals surface area contributed by atoms with Gasteiger partial charge in [0.1, 0.15) is 18.5 Å². The topological polar surface area (TPSA) is 35.5 Å². The van der Waals surface area contributed by atoms with Crippen LogP contribution in [0.4, 0.5) is 4.39 Å². The highest BCUT2D eigenvalue weighted by Crippen LogP contribution is 2.08. The molecule has 1 aliphatic heterocycles. The fraction of sp³-hybridized carbons (Fsp3) is 0.364. The van der Waals surface area contributed by atoms with Gasteiger partial charge in [-0.2, -0.15) is 0 Å². The summed E-state index contributed by atoms with van der Waals surface area (Å²) in [6, 6.07) is 5.44. The van der Waals surface area contributed by atoms with Gasteiger partial charge in [0.2, 0.25) is 0 Å². The molecule has 0 radical (unpaired) electrons. The summed E-state index contributed by atoms with van der Waals surface area (Å²) in [6.07, 6.45) is 0.0365. The molecule has 0 amide bonds. The van der Waals surface area contributed by atoms with Gasteiger partial charge in [-0.15, -0.1) is 0 Å². The molecule has 1 aliphatic rings. The van der Waals surface area contributed by atoms with E-state index < -0.39 is 0 Å². The number of benzene rings is 1. The van der Waals surface area contributed by atoms with E-state index in [0.29, 0.717) is 18.8 Å². The van der Waals surface area contributed by atoms with Crippen molar-refractivity contribution in [3.63, 3.8) is 0 Å². The molecule has 1 fully saturated rings. The average molecular weight is 210 g/mol. The zero-order chi connectivity index (χ0) is 10.7. The minimum Gasteiger partial charge on any atom is -0.376 e. The summed E-state index contributed by atoms with van der Waals surface area (Å²) in [5.74, 6) is -0.484. The first kappa shape index (κ1) is 10.3. The molecule has 4 heteroatoms. The summed E-state index contributed by atoms with van der Waals surface area (Å²) < 4.78 is 22.7. The van der Waals surface area contributed by atoms with Crippen LogP contribution >= 0.6 is 0 Å². The van der Waals surface area contributed by atoms with Crippen LogP contribution in [0.1, 0.15) is 10.4 Å². The highest BCUT2D eigenvalue weighted by molar-refractivity contribution is 5.97.